The van der Waals surface area contributed by atoms with Crippen molar-refractivity contribution >= 4 is 28.3 Å². The average molecular weight is 464 g/mol. The van der Waals surface area contributed by atoms with E-state index in [1.54, 1.807) is 52.4 Å². The number of nitrogens with one attached hydrogen (secondary N) is 2. The summed E-state index contributed by atoms with van der Waals surface area (Å²) in [6.45, 7) is 1.89. The van der Waals surface area contributed by atoms with Crippen LogP contribution in [-0.2, 0) is 7.05 Å². The fourth-order valence-electron chi connectivity index (χ4n) is 3.79. The second kappa shape index (κ2) is 8.64. The molecule has 5 rings (SSSR count). The molecule has 4 aromatic heterocycles. The predicted octanol–water partition coefficient (Wildman–Crippen LogP) is 2.38. The second-order valence-electron chi connectivity index (χ2n) is 7.83. The Bertz CT molecular complexity index is 1610. The second-order valence-corrected chi connectivity index (χ2v) is 7.83. The predicted molar refractivity (Wildman–Crippen MR) is 129 cm³/mol. The summed E-state index contributed by atoms with van der Waals surface area (Å²) in [5, 5.41) is 35.0. The Morgan fingerprint density at radius 1 is 1.20 bits per heavy atom. The number of para-hydroxylation sites is 1. The van der Waals surface area contributed by atoms with Crippen molar-refractivity contribution in [2.75, 3.05) is 11.1 Å². The number of nitrogens with zero attached hydrogens (tertiary/aromatic N) is 9. The molecule has 0 spiro atoms. The van der Waals surface area contributed by atoms with Crippen molar-refractivity contribution in [1.29, 1.82) is 10.7 Å². The largest absolute Gasteiger partial charge is 0.383 e. The van der Waals surface area contributed by atoms with Crippen LogP contribution in [0.1, 0.15) is 35.3 Å². The Balaban J connectivity index is 1.48. The highest BCUT2D eigenvalue weighted by atomic mass is 15.4. The van der Waals surface area contributed by atoms with Crippen LogP contribution in [0.25, 0.3) is 16.6 Å². The fourth-order valence-corrected chi connectivity index (χ4v) is 3.79. The molecule has 1 unspecified atom stereocenters. The van der Waals surface area contributed by atoms with Gasteiger partial charge < -0.3 is 11.1 Å². The number of aromatic nitrogens is 8. The third kappa shape index (κ3) is 3.80. The number of hydrogen-bond acceptors (Lipinski definition) is 10. The van der Waals surface area contributed by atoms with Crippen molar-refractivity contribution in [3.63, 3.8) is 0 Å². The molecule has 5 aromatic rings. The first-order valence-electron chi connectivity index (χ1n) is 10.6. The molecule has 0 radical (unpaired) electrons. The molecule has 172 valence electrons. The van der Waals surface area contributed by atoms with Crippen LogP contribution in [0.5, 0.6) is 0 Å². The third-order valence-electron chi connectivity index (χ3n) is 5.65. The smallest absolute Gasteiger partial charge is 0.141 e. The molecule has 12 nitrogen and oxygen atoms in total. The molecule has 0 aliphatic rings. The molecule has 4 heterocycles. The molecule has 35 heavy (non-hydrogen) atoms. The van der Waals surface area contributed by atoms with Crippen LogP contribution >= 0.6 is 0 Å². The van der Waals surface area contributed by atoms with Crippen molar-refractivity contribution in [1.82, 2.24) is 39.7 Å². The van der Waals surface area contributed by atoms with Gasteiger partial charge in [0.05, 0.1) is 52.7 Å². The van der Waals surface area contributed by atoms with Gasteiger partial charge in [-0.15, -0.1) is 5.10 Å². The van der Waals surface area contributed by atoms with E-state index in [9.17, 15) is 5.26 Å². The zero-order valence-electron chi connectivity index (χ0n) is 18.9. The van der Waals surface area contributed by atoms with Crippen molar-refractivity contribution in [3.05, 3.63) is 77.8 Å². The summed E-state index contributed by atoms with van der Waals surface area (Å²) < 4.78 is 3.25. The molecule has 12 heteroatoms. The maximum atomic E-state index is 9.38. The maximum Gasteiger partial charge on any atom is 0.141 e. The molecule has 0 saturated heterocycles. The van der Waals surface area contributed by atoms with Gasteiger partial charge in [-0.1, -0.05) is 17.3 Å². The lowest BCUT2D eigenvalue weighted by molar-refractivity contribution is 0.778. The highest BCUT2D eigenvalue weighted by molar-refractivity contribution is 6.21. The van der Waals surface area contributed by atoms with Gasteiger partial charge in [0.2, 0.25) is 0 Å². The molecular weight excluding hydrogens is 444 g/mol. The Morgan fingerprint density at radius 2 is 2.03 bits per heavy atom. The van der Waals surface area contributed by atoms with Crippen LogP contribution in [0.3, 0.4) is 0 Å². The number of nitrogen functional groups attached to an aromatic ring is 1. The number of fused-ring (bicyclic) bond motifs is 1. The fraction of sp³-hybridized carbons (Fsp3) is 0.130. The van der Waals surface area contributed by atoms with E-state index >= 15 is 0 Å². The van der Waals surface area contributed by atoms with Crippen LogP contribution in [0, 0.1) is 16.7 Å². The molecule has 0 saturated carbocycles. The van der Waals surface area contributed by atoms with Gasteiger partial charge in [-0.25, -0.2) is 14.6 Å². The standard InChI is InChI=1S/C23H20N12/c1-13(17-11-35(33-32-17)18-6-4-3-5-14(18)7-24)31-23-20(22(26)28-12-29-23)21(25)16-8-27-10-19-15(16)9-30-34(19)2/h3-6,8-13,25H,1-2H3,(H3,26,28,29,31). The topological polar surface area (TPSA) is 173 Å². The van der Waals surface area contributed by atoms with Crippen LogP contribution in [0.15, 0.2) is 55.4 Å². The van der Waals surface area contributed by atoms with Crippen molar-refractivity contribution in [2.24, 2.45) is 7.05 Å². The van der Waals surface area contributed by atoms with E-state index in [0.717, 1.165) is 10.9 Å². The van der Waals surface area contributed by atoms with E-state index in [1.165, 1.54) is 6.33 Å². The van der Waals surface area contributed by atoms with Gasteiger partial charge in [0, 0.05) is 24.2 Å². The van der Waals surface area contributed by atoms with Crippen molar-refractivity contribution < 1.29 is 0 Å². The third-order valence-corrected chi connectivity index (χ3v) is 5.65. The highest BCUT2D eigenvalue weighted by Gasteiger charge is 2.22. The monoisotopic (exact) mass is 464 g/mol. The SMILES string of the molecule is CC(Nc1ncnc(N)c1C(=N)c1cncc2c1cnn2C)c1cn(-c2ccccc2C#N)nn1. The Labute approximate surface area is 199 Å². The molecular formula is C23H20N12. The molecule has 1 atom stereocenters. The van der Waals surface area contributed by atoms with Gasteiger partial charge in [-0.3, -0.25) is 15.1 Å². The van der Waals surface area contributed by atoms with Crippen LogP contribution in [0.2, 0.25) is 0 Å². The first-order valence-corrected chi connectivity index (χ1v) is 10.6. The van der Waals surface area contributed by atoms with E-state index in [-0.39, 0.29) is 17.6 Å². The van der Waals surface area contributed by atoms with Crippen LogP contribution in [-0.4, -0.2) is 45.4 Å². The zero-order valence-corrected chi connectivity index (χ0v) is 18.9. The number of hydrogen-bond donors (Lipinski definition) is 3. The van der Waals surface area contributed by atoms with Gasteiger partial charge in [0.1, 0.15) is 29.7 Å². The van der Waals surface area contributed by atoms with Gasteiger partial charge >= 0.3 is 0 Å². The molecule has 0 fully saturated rings. The van der Waals surface area contributed by atoms with E-state index in [0.29, 0.717) is 33.9 Å². The number of rotatable bonds is 6. The Kier molecular flexibility index (Phi) is 5.34. The number of benzene rings is 1. The number of pyridine rings is 1. The maximum absolute atomic E-state index is 9.38. The number of nitrogens with two attached hydrogens (primary N) is 1. The molecule has 4 N–H and O–H groups in total. The van der Waals surface area contributed by atoms with Gasteiger partial charge in [0.25, 0.3) is 0 Å². The van der Waals surface area contributed by atoms with Crippen molar-refractivity contribution in [2.45, 2.75) is 13.0 Å². The van der Waals surface area contributed by atoms with Crippen molar-refractivity contribution in [3.8, 4) is 11.8 Å². The highest BCUT2D eigenvalue weighted by Crippen LogP contribution is 2.28. The number of nitriles is 1. The van der Waals surface area contributed by atoms with Gasteiger partial charge in [-0.05, 0) is 19.1 Å². The molecule has 0 bridgehead atoms. The Hall–Kier alpha value is -5.18. The molecule has 1 aromatic carbocycles. The quantitative estimate of drug-likeness (QED) is 0.319. The van der Waals surface area contributed by atoms with E-state index in [2.05, 4.69) is 41.7 Å². The zero-order chi connectivity index (χ0) is 24.5. The van der Waals surface area contributed by atoms with E-state index in [4.69, 9.17) is 11.1 Å². The Morgan fingerprint density at radius 3 is 2.86 bits per heavy atom. The summed E-state index contributed by atoms with van der Waals surface area (Å²) in [6.07, 6.45) is 8.06. The summed E-state index contributed by atoms with van der Waals surface area (Å²) in [7, 11) is 1.81. The molecule has 0 aliphatic carbocycles. The lowest BCUT2D eigenvalue weighted by Crippen LogP contribution is -2.16. The first kappa shape index (κ1) is 21.7. The minimum Gasteiger partial charge on any atom is -0.383 e. The summed E-state index contributed by atoms with van der Waals surface area (Å²) in [4.78, 5) is 12.7. The van der Waals surface area contributed by atoms with Gasteiger partial charge in [-0.2, -0.15) is 10.4 Å². The first-order chi connectivity index (χ1) is 17.0. The minimum absolute atomic E-state index is 0.121. The summed E-state index contributed by atoms with van der Waals surface area (Å²) >= 11 is 0. The summed E-state index contributed by atoms with van der Waals surface area (Å²) in [5.74, 6) is 0.537. The minimum atomic E-state index is -0.342. The average Bonchev–Trinajstić information content (AvgIpc) is 3.51. The lowest BCUT2D eigenvalue weighted by Gasteiger charge is -2.17. The van der Waals surface area contributed by atoms with E-state index in [1.807, 2.05) is 20.0 Å². The van der Waals surface area contributed by atoms with Gasteiger partial charge in [0.15, 0.2) is 0 Å². The number of anilines is 2. The summed E-state index contributed by atoms with van der Waals surface area (Å²) in [6, 6.07) is 8.96. The molecule has 0 aliphatic heterocycles. The lowest BCUT2D eigenvalue weighted by atomic mass is 10.0. The summed E-state index contributed by atoms with van der Waals surface area (Å²) in [5.41, 5.74) is 9.75. The van der Waals surface area contributed by atoms with Crippen LogP contribution in [0.4, 0.5) is 11.6 Å². The normalized spacial score (nSPS) is 11.8. The van der Waals surface area contributed by atoms with Crippen LogP contribution < -0.4 is 11.1 Å². The van der Waals surface area contributed by atoms with E-state index < -0.39 is 0 Å². The number of aryl methyl sites for hydroxylation is 1. The molecule has 0 amide bonds.